The third kappa shape index (κ3) is 7.95. The van der Waals surface area contributed by atoms with Gasteiger partial charge in [0.2, 0.25) is 22.7 Å². The SMILES string of the molecule is CCOC(=O)c1ccc(NC(=O)CSc2nnc(NC(=O)/C=C/c3cc(OC)c(OC)c(OC)c3)s2)cc1. The highest BCUT2D eigenvalue weighted by atomic mass is 32.2. The van der Waals surface area contributed by atoms with Gasteiger partial charge >= 0.3 is 5.97 Å². The Morgan fingerprint density at radius 3 is 2.26 bits per heavy atom. The molecule has 2 N–H and O–H groups in total. The van der Waals surface area contributed by atoms with E-state index in [1.807, 2.05) is 0 Å². The highest BCUT2D eigenvalue weighted by Crippen LogP contribution is 2.38. The Morgan fingerprint density at radius 1 is 0.974 bits per heavy atom. The molecule has 0 aliphatic carbocycles. The van der Waals surface area contributed by atoms with Crippen molar-refractivity contribution in [1.29, 1.82) is 0 Å². The summed E-state index contributed by atoms with van der Waals surface area (Å²) >= 11 is 2.33. The molecule has 2 amide bonds. The van der Waals surface area contributed by atoms with Gasteiger partial charge in [0, 0.05) is 11.8 Å². The van der Waals surface area contributed by atoms with Crippen LogP contribution in [0.1, 0.15) is 22.8 Å². The zero-order chi connectivity index (χ0) is 27.5. The fourth-order valence-corrected chi connectivity index (χ4v) is 4.62. The second kappa shape index (κ2) is 14.0. The molecule has 38 heavy (non-hydrogen) atoms. The lowest BCUT2D eigenvalue weighted by atomic mass is 10.1. The first-order valence-electron chi connectivity index (χ1n) is 11.2. The molecule has 1 aromatic heterocycles. The van der Waals surface area contributed by atoms with E-state index in [9.17, 15) is 14.4 Å². The van der Waals surface area contributed by atoms with Gasteiger partial charge in [-0.2, -0.15) is 0 Å². The predicted molar refractivity (Wildman–Crippen MR) is 145 cm³/mol. The van der Waals surface area contributed by atoms with Crippen molar-refractivity contribution in [3.05, 3.63) is 53.6 Å². The van der Waals surface area contributed by atoms with Crippen LogP contribution in [0.25, 0.3) is 6.08 Å². The van der Waals surface area contributed by atoms with Crippen LogP contribution in [0.15, 0.2) is 46.8 Å². The van der Waals surface area contributed by atoms with Crippen LogP contribution >= 0.6 is 23.1 Å². The number of esters is 1. The molecule has 3 rings (SSSR count). The quantitative estimate of drug-likeness (QED) is 0.144. The third-order valence-corrected chi connectivity index (χ3v) is 6.73. The van der Waals surface area contributed by atoms with Gasteiger partial charge in [0.15, 0.2) is 15.8 Å². The van der Waals surface area contributed by atoms with Crippen molar-refractivity contribution in [3.8, 4) is 17.2 Å². The number of hydrogen-bond donors (Lipinski definition) is 2. The summed E-state index contributed by atoms with van der Waals surface area (Å²) in [6.07, 6.45) is 2.94. The molecule has 13 heteroatoms. The van der Waals surface area contributed by atoms with Gasteiger partial charge in [0.05, 0.1) is 39.3 Å². The average molecular weight is 559 g/mol. The van der Waals surface area contributed by atoms with E-state index >= 15 is 0 Å². The molecule has 0 unspecified atom stereocenters. The molecular formula is C25H26N4O7S2. The van der Waals surface area contributed by atoms with Crippen LogP contribution < -0.4 is 24.8 Å². The van der Waals surface area contributed by atoms with Crippen LogP contribution in [-0.4, -0.2) is 61.7 Å². The number of carbonyl (C=O) groups is 3. The third-order valence-electron chi connectivity index (χ3n) is 4.76. The highest BCUT2D eigenvalue weighted by Gasteiger charge is 2.13. The van der Waals surface area contributed by atoms with E-state index < -0.39 is 11.9 Å². The smallest absolute Gasteiger partial charge is 0.338 e. The Balaban J connectivity index is 1.50. The van der Waals surface area contributed by atoms with Gasteiger partial charge < -0.3 is 24.3 Å². The molecule has 200 valence electrons. The van der Waals surface area contributed by atoms with E-state index in [2.05, 4.69) is 20.8 Å². The fourth-order valence-electron chi connectivity index (χ4n) is 3.06. The summed E-state index contributed by atoms with van der Waals surface area (Å²) < 4.78 is 21.4. The number of benzene rings is 2. The van der Waals surface area contributed by atoms with Crippen LogP contribution in [0.4, 0.5) is 10.8 Å². The van der Waals surface area contributed by atoms with Gasteiger partial charge in [-0.15, -0.1) is 10.2 Å². The Hall–Kier alpha value is -4.10. The summed E-state index contributed by atoms with van der Waals surface area (Å²) in [4.78, 5) is 36.3. The van der Waals surface area contributed by atoms with E-state index in [-0.39, 0.29) is 18.3 Å². The van der Waals surface area contributed by atoms with Crippen molar-refractivity contribution in [2.75, 3.05) is 44.3 Å². The van der Waals surface area contributed by atoms with Gasteiger partial charge in [-0.3, -0.25) is 14.9 Å². The molecule has 11 nitrogen and oxygen atoms in total. The summed E-state index contributed by atoms with van der Waals surface area (Å²) in [6, 6.07) is 9.83. The number of methoxy groups -OCH3 is 3. The number of rotatable bonds is 12. The van der Waals surface area contributed by atoms with Crippen molar-refractivity contribution in [2.45, 2.75) is 11.3 Å². The number of thioether (sulfide) groups is 1. The van der Waals surface area contributed by atoms with Gasteiger partial charge in [-0.25, -0.2) is 4.79 Å². The molecule has 0 radical (unpaired) electrons. The topological polar surface area (TPSA) is 138 Å². The van der Waals surface area contributed by atoms with Gasteiger partial charge in [-0.1, -0.05) is 23.1 Å². The maximum absolute atomic E-state index is 12.4. The minimum atomic E-state index is -0.420. The molecule has 0 spiro atoms. The van der Waals surface area contributed by atoms with Crippen molar-refractivity contribution in [1.82, 2.24) is 10.2 Å². The lowest BCUT2D eigenvalue weighted by molar-refractivity contribution is -0.114. The predicted octanol–water partition coefficient (Wildman–Crippen LogP) is 4.12. The van der Waals surface area contributed by atoms with Gasteiger partial charge in [-0.05, 0) is 55.0 Å². The number of amides is 2. The van der Waals surface area contributed by atoms with Crippen molar-refractivity contribution in [3.63, 3.8) is 0 Å². The fraction of sp³-hybridized carbons (Fsp3) is 0.240. The molecule has 0 saturated heterocycles. The van der Waals surface area contributed by atoms with Crippen LogP contribution in [0.2, 0.25) is 0 Å². The van der Waals surface area contributed by atoms with Crippen LogP contribution in [0, 0.1) is 0 Å². The lowest BCUT2D eigenvalue weighted by Gasteiger charge is -2.12. The highest BCUT2D eigenvalue weighted by molar-refractivity contribution is 8.01. The molecular weight excluding hydrogens is 532 g/mol. The normalized spacial score (nSPS) is 10.6. The average Bonchev–Trinajstić information content (AvgIpc) is 3.37. The molecule has 0 aliphatic rings. The van der Waals surface area contributed by atoms with E-state index in [0.717, 1.165) is 11.3 Å². The van der Waals surface area contributed by atoms with E-state index in [1.54, 1.807) is 49.4 Å². The van der Waals surface area contributed by atoms with E-state index in [4.69, 9.17) is 18.9 Å². The summed E-state index contributed by atoms with van der Waals surface area (Å²) in [5.74, 6) is 0.394. The molecule has 0 fully saturated rings. The largest absolute Gasteiger partial charge is 0.493 e. The maximum Gasteiger partial charge on any atom is 0.338 e. The van der Waals surface area contributed by atoms with Gasteiger partial charge in [0.1, 0.15) is 0 Å². The summed E-state index contributed by atoms with van der Waals surface area (Å²) in [5.41, 5.74) is 1.62. The molecule has 1 heterocycles. The van der Waals surface area contributed by atoms with Gasteiger partial charge in [0.25, 0.3) is 0 Å². The number of ether oxygens (including phenoxy) is 4. The first kappa shape index (κ1) is 28.5. The van der Waals surface area contributed by atoms with E-state index in [1.165, 1.54) is 39.2 Å². The van der Waals surface area contributed by atoms with Crippen molar-refractivity contribution < 1.29 is 33.3 Å². The zero-order valence-corrected chi connectivity index (χ0v) is 22.7. The number of anilines is 2. The number of carbonyl (C=O) groups excluding carboxylic acids is 3. The standard InChI is InChI=1S/C25H26N4O7S2/c1-5-36-23(32)16-7-9-17(10-8-16)26-21(31)14-37-25-29-28-24(38-25)27-20(30)11-6-15-12-18(33-2)22(35-4)19(13-15)34-3/h6-13H,5,14H2,1-4H3,(H,26,31)(H,27,28,30)/b11-6+. The second-order valence-corrected chi connectivity index (χ2v) is 9.49. The summed E-state index contributed by atoms with van der Waals surface area (Å²) in [5, 5.41) is 13.6. The molecule has 3 aromatic rings. The molecule has 0 aliphatic heterocycles. The summed E-state index contributed by atoms with van der Waals surface area (Å²) in [6.45, 7) is 2.02. The summed E-state index contributed by atoms with van der Waals surface area (Å²) in [7, 11) is 4.53. The molecule has 0 saturated carbocycles. The monoisotopic (exact) mass is 558 g/mol. The van der Waals surface area contributed by atoms with Crippen LogP contribution in [0.3, 0.4) is 0 Å². The molecule has 0 bridgehead atoms. The van der Waals surface area contributed by atoms with Crippen molar-refractivity contribution >= 4 is 57.8 Å². The van der Waals surface area contributed by atoms with E-state index in [0.29, 0.717) is 43.5 Å². The second-order valence-electron chi connectivity index (χ2n) is 7.29. The maximum atomic E-state index is 12.4. The number of nitrogens with zero attached hydrogens (tertiary/aromatic N) is 2. The molecule has 2 aromatic carbocycles. The number of hydrogen-bond acceptors (Lipinski definition) is 11. The van der Waals surface area contributed by atoms with Crippen LogP contribution in [0.5, 0.6) is 17.2 Å². The Bertz CT molecular complexity index is 1280. The van der Waals surface area contributed by atoms with Crippen molar-refractivity contribution in [2.24, 2.45) is 0 Å². The number of aromatic nitrogens is 2. The first-order chi connectivity index (χ1) is 18.4. The number of nitrogens with one attached hydrogen (secondary N) is 2. The minimum absolute atomic E-state index is 0.0866. The minimum Gasteiger partial charge on any atom is -0.493 e. The zero-order valence-electron chi connectivity index (χ0n) is 21.1. The Morgan fingerprint density at radius 2 is 1.66 bits per heavy atom. The lowest BCUT2D eigenvalue weighted by Crippen LogP contribution is -2.14. The molecule has 0 atom stereocenters. The first-order valence-corrected chi connectivity index (χ1v) is 13.0. The Kier molecular flexibility index (Phi) is 10.5. The van der Waals surface area contributed by atoms with Crippen LogP contribution in [-0.2, 0) is 14.3 Å². The Labute approximate surface area is 227 Å².